The highest BCUT2D eigenvalue weighted by Gasteiger charge is 2.06. The molecule has 0 aromatic heterocycles. The van der Waals surface area contributed by atoms with E-state index in [9.17, 15) is 4.79 Å². The van der Waals surface area contributed by atoms with Crippen LogP contribution in [0.2, 0.25) is 5.02 Å². The number of carbonyl (C=O) groups excluding carboxylic acids is 1. The summed E-state index contributed by atoms with van der Waals surface area (Å²) in [6.45, 7) is 5.44. The molecule has 0 N–H and O–H groups in total. The number of rotatable bonds is 4. The molecule has 0 amide bonds. The molecule has 0 bridgehead atoms. The van der Waals surface area contributed by atoms with Crippen LogP contribution >= 0.6 is 11.6 Å². The Kier molecular flexibility index (Phi) is 3.72. The first-order chi connectivity index (χ1) is 6.65. The van der Waals surface area contributed by atoms with Crippen LogP contribution in [0, 0.1) is 0 Å². The summed E-state index contributed by atoms with van der Waals surface area (Å²) in [6.07, 6.45) is 1.65. The second kappa shape index (κ2) is 4.82. The molecular formula is C11H11ClO2. The van der Waals surface area contributed by atoms with Gasteiger partial charge in [-0.15, -0.1) is 0 Å². The van der Waals surface area contributed by atoms with E-state index >= 15 is 0 Å². The van der Waals surface area contributed by atoms with Gasteiger partial charge in [0.15, 0.2) is 5.78 Å². The van der Waals surface area contributed by atoms with Crippen LogP contribution in [0.3, 0.4) is 0 Å². The van der Waals surface area contributed by atoms with Crippen LogP contribution in [0.15, 0.2) is 30.9 Å². The predicted octanol–water partition coefficient (Wildman–Crippen LogP) is 3.11. The zero-order valence-corrected chi connectivity index (χ0v) is 8.67. The largest absolute Gasteiger partial charge is 0.490 e. The van der Waals surface area contributed by atoms with E-state index in [2.05, 4.69) is 6.58 Å². The first kappa shape index (κ1) is 10.8. The van der Waals surface area contributed by atoms with Crippen LogP contribution in [0.4, 0.5) is 0 Å². The van der Waals surface area contributed by atoms with Gasteiger partial charge >= 0.3 is 0 Å². The van der Waals surface area contributed by atoms with Gasteiger partial charge in [0, 0.05) is 5.56 Å². The van der Waals surface area contributed by atoms with Crippen molar-refractivity contribution in [2.45, 2.75) is 6.92 Å². The highest BCUT2D eigenvalue weighted by molar-refractivity contribution is 6.34. The van der Waals surface area contributed by atoms with Crippen molar-refractivity contribution < 1.29 is 9.53 Å². The Balaban J connectivity index is 2.88. The molecule has 1 rings (SSSR count). The Labute approximate surface area is 88.1 Å². The molecule has 14 heavy (non-hydrogen) atoms. The average Bonchev–Trinajstić information content (AvgIpc) is 2.14. The van der Waals surface area contributed by atoms with Gasteiger partial charge in [-0.3, -0.25) is 4.79 Å². The van der Waals surface area contributed by atoms with Gasteiger partial charge in [-0.05, 0) is 25.1 Å². The monoisotopic (exact) mass is 210 g/mol. The molecule has 0 spiro atoms. The van der Waals surface area contributed by atoms with E-state index < -0.39 is 0 Å². The summed E-state index contributed by atoms with van der Waals surface area (Å²) in [5.74, 6) is 0.588. The summed E-state index contributed by atoms with van der Waals surface area (Å²) in [6, 6.07) is 5.00. The number of hydrogen-bond donors (Lipinski definition) is 0. The highest BCUT2D eigenvalue weighted by Crippen LogP contribution is 2.22. The van der Waals surface area contributed by atoms with Gasteiger partial charge in [-0.2, -0.15) is 0 Å². The van der Waals surface area contributed by atoms with Crippen molar-refractivity contribution in [3.8, 4) is 5.75 Å². The number of carbonyl (C=O) groups is 1. The molecule has 0 aliphatic carbocycles. The maximum absolute atomic E-state index is 11.1. The summed E-state index contributed by atoms with van der Waals surface area (Å²) < 4.78 is 5.26. The standard InChI is InChI=1S/C11H11ClO2/c1-3-6-14-9-4-5-10(8(2)13)11(12)7-9/h3-5,7H,1,6H2,2H3. The quantitative estimate of drug-likeness (QED) is 0.564. The number of halogens is 1. The van der Waals surface area contributed by atoms with Gasteiger partial charge < -0.3 is 4.74 Å². The Morgan fingerprint density at radius 3 is 2.86 bits per heavy atom. The van der Waals surface area contributed by atoms with Crippen molar-refractivity contribution in [1.82, 2.24) is 0 Å². The van der Waals surface area contributed by atoms with Gasteiger partial charge in [0.25, 0.3) is 0 Å². The van der Waals surface area contributed by atoms with Gasteiger partial charge in [0.2, 0.25) is 0 Å². The Morgan fingerprint density at radius 2 is 2.36 bits per heavy atom. The van der Waals surface area contributed by atoms with Crippen molar-refractivity contribution in [2.75, 3.05) is 6.61 Å². The summed E-state index contributed by atoms with van der Waals surface area (Å²) in [7, 11) is 0. The van der Waals surface area contributed by atoms with Crippen LogP contribution in [0.1, 0.15) is 17.3 Å². The third kappa shape index (κ3) is 2.60. The van der Waals surface area contributed by atoms with Crippen molar-refractivity contribution in [3.63, 3.8) is 0 Å². The van der Waals surface area contributed by atoms with E-state index in [-0.39, 0.29) is 5.78 Å². The van der Waals surface area contributed by atoms with Crippen molar-refractivity contribution in [1.29, 1.82) is 0 Å². The van der Waals surface area contributed by atoms with Crippen molar-refractivity contribution >= 4 is 17.4 Å². The maximum atomic E-state index is 11.1. The molecule has 1 aromatic carbocycles. The van der Waals surface area contributed by atoms with E-state index in [1.54, 1.807) is 24.3 Å². The van der Waals surface area contributed by atoms with Crippen LogP contribution < -0.4 is 4.74 Å². The minimum atomic E-state index is -0.0507. The third-order valence-electron chi connectivity index (χ3n) is 1.69. The lowest BCUT2D eigenvalue weighted by molar-refractivity contribution is 0.101. The Bertz CT molecular complexity index is 358. The molecule has 1 aromatic rings. The zero-order chi connectivity index (χ0) is 10.6. The van der Waals surface area contributed by atoms with E-state index in [1.807, 2.05) is 0 Å². The minimum absolute atomic E-state index is 0.0507. The van der Waals surface area contributed by atoms with Gasteiger partial charge in [0.1, 0.15) is 12.4 Å². The fourth-order valence-electron chi connectivity index (χ4n) is 1.03. The molecule has 0 saturated carbocycles. The molecule has 0 atom stereocenters. The van der Waals surface area contributed by atoms with Gasteiger partial charge in [-0.25, -0.2) is 0 Å². The molecule has 74 valence electrons. The Morgan fingerprint density at radius 1 is 1.64 bits per heavy atom. The molecule has 0 aliphatic heterocycles. The van der Waals surface area contributed by atoms with Crippen molar-refractivity contribution in [3.05, 3.63) is 41.4 Å². The molecule has 0 saturated heterocycles. The molecule has 0 heterocycles. The maximum Gasteiger partial charge on any atom is 0.161 e. The van der Waals surface area contributed by atoms with Crippen molar-refractivity contribution in [2.24, 2.45) is 0 Å². The van der Waals surface area contributed by atoms with Gasteiger partial charge in [-0.1, -0.05) is 24.3 Å². The normalized spacial score (nSPS) is 9.57. The van der Waals surface area contributed by atoms with Crippen LogP contribution in [0.25, 0.3) is 0 Å². The molecule has 0 unspecified atom stereocenters. The van der Waals surface area contributed by atoms with E-state index in [0.29, 0.717) is 22.9 Å². The number of ketones is 1. The molecule has 3 heteroatoms. The molecule has 0 aliphatic rings. The first-order valence-electron chi connectivity index (χ1n) is 4.19. The smallest absolute Gasteiger partial charge is 0.161 e. The van der Waals surface area contributed by atoms with E-state index in [0.717, 1.165) is 0 Å². The lowest BCUT2D eigenvalue weighted by Crippen LogP contribution is -1.96. The third-order valence-corrected chi connectivity index (χ3v) is 2.00. The van der Waals surface area contributed by atoms with E-state index in [4.69, 9.17) is 16.3 Å². The first-order valence-corrected chi connectivity index (χ1v) is 4.57. The lowest BCUT2D eigenvalue weighted by atomic mass is 10.1. The number of Topliss-reactive ketones (excluding diaryl/α,β-unsaturated/α-hetero) is 1. The topological polar surface area (TPSA) is 26.3 Å². The van der Waals surface area contributed by atoms with E-state index in [1.165, 1.54) is 6.92 Å². The number of hydrogen-bond acceptors (Lipinski definition) is 2. The van der Waals surface area contributed by atoms with Gasteiger partial charge in [0.05, 0.1) is 5.02 Å². The predicted molar refractivity (Wildman–Crippen MR) is 57.1 cm³/mol. The summed E-state index contributed by atoms with van der Waals surface area (Å²) in [4.78, 5) is 11.1. The SMILES string of the molecule is C=CCOc1ccc(C(C)=O)c(Cl)c1. The summed E-state index contributed by atoms with van der Waals surface area (Å²) in [5, 5.41) is 0.416. The van der Waals surface area contributed by atoms with Crippen LogP contribution in [-0.2, 0) is 0 Å². The minimum Gasteiger partial charge on any atom is -0.490 e. The molecule has 2 nitrogen and oxygen atoms in total. The fourth-order valence-corrected chi connectivity index (χ4v) is 1.33. The number of benzene rings is 1. The second-order valence-electron chi connectivity index (χ2n) is 2.80. The van der Waals surface area contributed by atoms with Crippen LogP contribution in [0.5, 0.6) is 5.75 Å². The zero-order valence-electron chi connectivity index (χ0n) is 7.92. The molecule has 0 fully saturated rings. The fraction of sp³-hybridized carbons (Fsp3) is 0.182. The lowest BCUT2D eigenvalue weighted by Gasteiger charge is -2.05. The second-order valence-corrected chi connectivity index (χ2v) is 3.20. The average molecular weight is 211 g/mol. The highest BCUT2D eigenvalue weighted by atomic mass is 35.5. The molecule has 0 radical (unpaired) electrons. The number of ether oxygens (including phenoxy) is 1. The van der Waals surface area contributed by atoms with Crippen LogP contribution in [-0.4, -0.2) is 12.4 Å². The summed E-state index contributed by atoms with van der Waals surface area (Å²) >= 11 is 5.88. The Hall–Kier alpha value is -1.28. The molecular weight excluding hydrogens is 200 g/mol. The summed E-state index contributed by atoms with van der Waals surface area (Å²) in [5.41, 5.74) is 0.512.